The highest BCUT2D eigenvalue weighted by Crippen LogP contribution is 2.23. The first-order valence-electron chi connectivity index (χ1n) is 9.55. The number of aryl methyl sites for hydroxylation is 2. The van der Waals surface area contributed by atoms with Gasteiger partial charge < -0.3 is 5.32 Å². The molecule has 0 unspecified atom stereocenters. The molecule has 30 heavy (non-hydrogen) atoms. The van der Waals surface area contributed by atoms with Crippen LogP contribution in [0.4, 0.5) is 5.69 Å². The molecule has 4 rings (SSSR count). The van der Waals surface area contributed by atoms with E-state index in [2.05, 4.69) is 46.7 Å². The SMILES string of the molecule is Cc1ccc(Cn2nc(C)c(NC(=O)c3cc(Cn4cc(Cl)cn4)cs3)c2C)cc1. The number of thiophene rings is 1. The van der Waals surface area contributed by atoms with Crippen molar-refractivity contribution in [3.05, 3.63) is 86.1 Å². The lowest BCUT2D eigenvalue weighted by Crippen LogP contribution is -2.12. The Kier molecular flexibility index (Phi) is 5.74. The van der Waals surface area contributed by atoms with Crippen LogP contribution >= 0.6 is 22.9 Å². The van der Waals surface area contributed by atoms with Crippen LogP contribution in [0.2, 0.25) is 5.02 Å². The number of hydrogen-bond donors (Lipinski definition) is 1. The molecule has 154 valence electrons. The van der Waals surface area contributed by atoms with E-state index in [4.69, 9.17) is 11.6 Å². The predicted molar refractivity (Wildman–Crippen MR) is 121 cm³/mol. The summed E-state index contributed by atoms with van der Waals surface area (Å²) in [5.74, 6) is -0.133. The summed E-state index contributed by atoms with van der Waals surface area (Å²) in [6, 6.07) is 10.3. The van der Waals surface area contributed by atoms with Gasteiger partial charge in [0.2, 0.25) is 0 Å². The highest BCUT2D eigenvalue weighted by Gasteiger charge is 2.17. The smallest absolute Gasteiger partial charge is 0.265 e. The lowest BCUT2D eigenvalue weighted by Gasteiger charge is -2.07. The zero-order valence-electron chi connectivity index (χ0n) is 17.0. The monoisotopic (exact) mass is 439 g/mol. The van der Waals surface area contributed by atoms with E-state index in [9.17, 15) is 4.79 Å². The van der Waals surface area contributed by atoms with Gasteiger partial charge in [0.1, 0.15) is 0 Å². The van der Waals surface area contributed by atoms with Gasteiger partial charge in [0, 0.05) is 6.20 Å². The summed E-state index contributed by atoms with van der Waals surface area (Å²) in [7, 11) is 0. The predicted octanol–water partition coefficient (Wildman–Crippen LogP) is 5.07. The molecule has 8 heteroatoms. The molecule has 0 aliphatic carbocycles. The molecule has 1 amide bonds. The number of anilines is 1. The average Bonchev–Trinajstić information content (AvgIpc) is 3.41. The number of amides is 1. The Labute approximate surface area is 184 Å². The van der Waals surface area contributed by atoms with Gasteiger partial charge in [0.25, 0.3) is 5.91 Å². The van der Waals surface area contributed by atoms with Crippen LogP contribution in [0.25, 0.3) is 0 Å². The molecular formula is C22H22ClN5OS. The summed E-state index contributed by atoms with van der Waals surface area (Å²) in [5.41, 5.74) is 5.91. The first kappa shape index (κ1) is 20.4. The largest absolute Gasteiger partial charge is 0.318 e. The van der Waals surface area contributed by atoms with Gasteiger partial charge in [0.15, 0.2) is 0 Å². The molecule has 3 aromatic heterocycles. The van der Waals surface area contributed by atoms with Crippen LogP contribution in [0.5, 0.6) is 0 Å². The van der Waals surface area contributed by atoms with Crippen molar-refractivity contribution in [2.75, 3.05) is 5.32 Å². The average molecular weight is 440 g/mol. The Balaban J connectivity index is 1.47. The third kappa shape index (κ3) is 4.47. The van der Waals surface area contributed by atoms with E-state index >= 15 is 0 Å². The molecule has 1 N–H and O–H groups in total. The van der Waals surface area contributed by atoms with Crippen molar-refractivity contribution < 1.29 is 4.79 Å². The van der Waals surface area contributed by atoms with Crippen LogP contribution in [-0.4, -0.2) is 25.5 Å². The standard InChI is InChI=1S/C22H22ClN5OS/c1-14-4-6-17(7-5-14)11-28-16(3)21(15(2)26-28)25-22(29)20-8-18(13-30-20)10-27-12-19(23)9-24-27/h4-9,12-13H,10-11H2,1-3H3,(H,25,29). The number of nitrogens with one attached hydrogen (secondary N) is 1. The Morgan fingerprint density at radius 2 is 1.90 bits per heavy atom. The molecule has 0 saturated heterocycles. The van der Waals surface area contributed by atoms with Gasteiger partial charge in [-0.2, -0.15) is 10.2 Å². The fourth-order valence-electron chi connectivity index (χ4n) is 3.26. The third-order valence-corrected chi connectivity index (χ3v) is 6.07. The molecule has 0 radical (unpaired) electrons. The maximum absolute atomic E-state index is 12.8. The number of carbonyl (C=O) groups is 1. The fraction of sp³-hybridized carbons (Fsp3) is 0.227. The van der Waals surface area contributed by atoms with Gasteiger partial charge in [-0.25, -0.2) is 0 Å². The number of benzene rings is 1. The first-order valence-corrected chi connectivity index (χ1v) is 10.8. The Bertz CT molecular complexity index is 1190. The van der Waals surface area contributed by atoms with Crippen molar-refractivity contribution in [3.8, 4) is 0 Å². The number of hydrogen-bond acceptors (Lipinski definition) is 4. The van der Waals surface area contributed by atoms with E-state index in [1.165, 1.54) is 22.5 Å². The minimum atomic E-state index is -0.133. The van der Waals surface area contributed by atoms with Crippen LogP contribution in [-0.2, 0) is 13.1 Å². The van der Waals surface area contributed by atoms with E-state index in [-0.39, 0.29) is 5.91 Å². The van der Waals surface area contributed by atoms with E-state index in [0.29, 0.717) is 23.0 Å². The molecule has 0 atom stereocenters. The number of halogens is 1. The van der Waals surface area contributed by atoms with Gasteiger partial charge in [-0.1, -0.05) is 41.4 Å². The number of rotatable bonds is 6. The van der Waals surface area contributed by atoms with Crippen molar-refractivity contribution in [1.82, 2.24) is 19.6 Å². The zero-order valence-corrected chi connectivity index (χ0v) is 18.6. The highest BCUT2D eigenvalue weighted by atomic mass is 35.5. The summed E-state index contributed by atoms with van der Waals surface area (Å²) in [6.07, 6.45) is 3.36. The van der Waals surface area contributed by atoms with Crippen molar-refractivity contribution in [2.45, 2.75) is 33.9 Å². The number of carbonyl (C=O) groups excluding carboxylic acids is 1. The minimum Gasteiger partial charge on any atom is -0.318 e. The van der Waals surface area contributed by atoms with Crippen molar-refractivity contribution in [1.29, 1.82) is 0 Å². The Morgan fingerprint density at radius 3 is 2.60 bits per heavy atom. The molecule has 0 saturated carbocycles. The molecule has 4 aromatic rings. The van der Waals surface area contributed by atoms with Crippen molar-refractivity contribution in [2.24, 2.45) is 0 Å². The van der Waals surface area contributed by atoms with Crippen LogP contribution in [0, 0.1) is 20.8 Å². The highest BCUT2D eigenvalue weighted by molar-refractivity contribution is 7.12. The molecule has 0 aliphatic heterocycles. The maximum atomic E-state index is 12.8. The van der Waals surface area contributed by atoms with Crippen molar-refractivity contribution in [3.63, 3.8) is 0 Å². The molecule has 6 nitrogen and oxygen atoms in total. The third-order valence-electron chi connectivity index (χ3n) is 4.90. The van der Waals surface area contributed by atoms with Gasteiger partial charge >= 0.3 is 0 Å². The lowest BCUT2D eigenvalue weighted by atomic mass is 10.1. The molecule has 0 aliphatic rings. The topological polar surface area (TPSA) is 64.7 Å². The Morgan fingerprint density at radius 1 is 1.13 bits per heavy atom. The zero-order chi connectivity index (χ0) is 21.3. The van der Waals surface area contributed by atoms with Gasteiger partial charge in [-0.3, -0.25) is 14.2 Å². The van der Waals surface area contributed by atoms with Crippen LogP contribution in [0.1, 0.15) is 37.7 Å². The van der Waals surface area contributed by atoms with Gasteiger partial charge in [-0.05, 0) is 43.3 Å². The van der Waals surface area contributed by atoms with Crippen LogP contribution in [0.3, 0.4) is 0 Å². The molecule has 0 fully saturated rings. The van der Waals surface area contributed by atoms with Gasteiger partial charge in [0.05, 0.1) is 46.3 Å². The fourth-order valence-corrected chi connectivity index (χ4v) is 4.22. The van der Waals surface area contributed by atoms with Crippen LogP contribution in [0.15, 0.2) is 48.1 Å². The van der Waals surface area contributed by atoms with Gasteiger partial charge in [-0.15, -0.1) is 11.3 Å². The quantitative estimate of drug-likeness (QED) is 0.456. The summed E-state index contributed by atoms with van der Waals surface area (Å²) in [6.45, 7) is 7.20. The Hall–Kier alpha value is -2.90. The second-order valence-electron chi connectivity index (χ2n) is 7.32. The summed E-state index contributed by atoms with van der Waals surface area (Å²) in [4.78, 5) is 13.5. The van der Waals surface area contributed by atoms with E-state index < -0.39 is 0 Å². The van der Waals surface area contributed by atoms with Crippen LogP contribution < -0.4 is 5.32 Å². The summed E-state index contributed by atoms with van der Waals surface area (Å²) < 4.78 is 3.67. The summed E-state index contributed by atoms with van der Waals surface area (Å²) in [5, 5.41) is 14.4. The minimum absolute atomic E-state index is 0.133. The maximum Gasteiger partial charge on any atom is 0.265 e. The lowest BCUT2D eigenvalue weighted by molar-refractivity contribution is 0.103. The van der Waals surface area contributed by atoms with E-state index in [1.807, 2.05) is 30.0 Å². The van der Waals surface area contributed by atoms with E-state index in [0.717, 1.165) is 22.6 Å². The normalized spacial score (nSPS) is 11.1. The number of aromatic nitrogens is 4. The molecule has 3 heterocycles. The molecular weight excluding hydrogens is 418 g/mol. The first-order chi connectivity index (χ1) is 14.4. The second-order valence-corrected chi connectivity index (χ2v) is 8.67. The van der Waals surface area contributed by atoms with E-state index in [1.54, 1.807) is 17.1 Å². The molecule has 0 bridgehead atoms. The second kappa shape index (κ2) is 8.45. The number of nitrogens with zero attached hydrogens (tertiary/aromatic N) is 4. The molecule has 0 spiro atoms. The molecule has 1 aromatic carbocycles. The summed E-state index contributed by atoms with van der Waals surface area (Å²) >= 11 is 7.32. The van der Waals surface area contributed by atoms with Crippen molar-refractivity contribution >= 4 is 34.5 Å².